The summed E-state index contributed by atoms with van der Waals surface area (Å²) in [6.45, 7) is 1.16. The van der Waals surface area contributed by atoms with Crippen LogP contribution in [0.25, 0.3) is 10.8 Å². The van der Waals surface area contributed by atoms with Crippen LogP contribution in [0.2, 0.25) is 0 Å². The SMILES string of the molecule is COC(=O)N1O[C@@H](CC2CCCCC2)C(=O)N2[C@@H]1CN(CCc1cccc3ccccc13)C(=O)[C@@H]2CCCCN. The molecule has 3 fully saturated rings. The summed E-state index contributed by atoms with van der Waals surface area (Å²) in [7, 11) is 1.31. The zero-order valence-corrected chi connectivity index (χ0v) is 23.5. The van der Waals surface area contributed by atoms with Gasteiger partial charge in [0.2, 0.25) is 5.91 Å². The monoisotopic (exact) mass is 550 g/mol. The van der Waals surface area contributed by atoms with E-state index >= 15 is 0 Å². The zero-order valence-electron chi connectivity index (χ0n) is 23.5. The molecule has 1 saturated carbocycles. The zero-order chi connectivity index (χ0) is 28.1. The highest BCUT2D eigenvalue weighted by molar-refractivity contribution is 5.92. The van der Waals surface area contributed by atoms with Crippen molar-refractivity contribution in [2.24, 2.45) is 11.7 Å². The molecule has 2 N–H and O–H groups in total. The van der Waals surface area contributed by atoms with Crippen molar-refractivity contribution in [1.29, 1.82) is 0 Å². The van der Waals surface area contributed by atoms with Crippen LogP contribution in [0.1, 0.15) is 63.4 Å². The average molecular weight is 551 g/mol. The van der Waals surface area contributed by atoms with Gasteiger partial charge in [-0.05, 0) is 60.9 Å². The summed E-state index contributed by atoms with van der Waals surface area (Å²) in [6, 6.07) is 13.8. The lowest BCUT2D eigenvalue weighted by atomic mass is 9.85. The molecule has 9 heteroatoms. The molecule has 0 unspecified atom stereocenters. The summed E-state index contributed by atoms with van der Waals surface area (Å²) in [5, 5.41) is 3.53. The van der Waals surface area contributed by atoms with Crippen LogP contribution in [0.5, 0.6) is 0 Å². The van der Waals surface area contributed by atoms with E-state index in [-0.39, 0.29) is 18.4 Å². The van der Waals surface area contributed by atoms with Gasteiger partial charge in [0.1, 0.15) is 6.04 Å². The molecule has 0 aromatic heterocycles. The molecule has 2 saturated heterocycles. The molecule has 216 valence electrons. The van der Waals surface area contributed by atoms with Crippen LogP contribution in [-0.2, 0) is 25.6 Å². The second kappa shape index (κ2) is 13.0. The molecular formula is C31H42N4O5. The fraction of sp³-hybridized carbons (Fsp3) is 0.581. The fourth-order valence-electron chi connectivity index (χ4n) is 6.65. The van der Waals surface area contributed by atoms with Crippen molar-refractivity contribution in [2.45, 2.75) is 82.5 Å². The number of rotatable bonds is 9. The summed E-state index contributed by atoms with van der Waals surface area (Å²) in [5.74, 6) is 0.0904. The van der Waals surface area contributed by atoms with E-state index in [0.717, 1.165) is 48.4 Å². The van der Waals surface area contributed by atoms with E-state index in [0.29, 0.717) is 44.7 Å². The number of carbonyl (C=O) groups is 3. The Bertz CT molecular complexity index is 1190. The van der Waals surface area contributed by atoms with Crippen LogP contribution in [-0.4, -0.2) is 77.8 Å². The topological polar surface area (TPSA) is 105 Å². The number of piperazine rings is 1. The lowest BCUT2D eigenvalue weighted by molar-refractivity contribution is -0.268. The van der Waals surface area contributed by atoms with Crippen LogP contribution < -0.4 is 5.73 Å². The van der Waals surface area contributed by atoms with Gasteiger partial charge < -0.3 is 20.3 Å². The number of methoxy groups -OCH3 is 1. The molecule has 3 aliphatic rings. The average Bonchev–Trinajstić information content (AvgIpc) is 2.99. The Balaban J connectivity index is 1.40. The third kappa shape index (κ3) is 5.95. The van der Waals surface area contributed by atoms with Gasteiger partial charge in [0.15, 0.2) is 12.3 Å². The number of hydrogen-bond donors (Lipinski definition) is 1. The molecule has 5 rings (SSSR count). The van der Waals surface area contributed by atoms with Crippen molar-refractivity contribution < 1.29 is 24.0 Å². The van der Waals surface area contributed by atoms with Gasteiger partial charge >= 0.3 is 6.09 Å². The molecule has 0 spiro atoms. The quantitative estimate of drug-likeness (QED) is 0.469. The van der Waals surface area contributed by atoms with E-state index in [2.05, 4.69) is 24.3 Å². The van der Waals surface area contributed by atoms with Crippen LogP contribution in [0.3, 0.4) is 0 Å². The minimum atomic E-state index is -0.800. The number of fused-ring (bicyclic) bond motifs is 2. The molecule has 40 heavy (non-hydrogen) atoms. The van der Waals surface area contributed by atoms with Gasteiger partial charge in [-0.2, -0.15) is 5.06 Å². The van der Waals surface area contributed by atoms with Gasteiger partial charge in [-0.1, -0.05) is 74.6 Å². The fourth-order valence-corrected chi connectivity index (χ4v) is 6.65. The number of amides is 3. The number of hydroxylamine groups is 2. The Kier molecular flexibility index (Phi) is 9.22. The Labute approximate surface area is 236 Å². The van der Waals surface area contributed by atoms with Gasteiger partial charge in [0.05, 0.1) is 13.7 Å². The molecule has 9 nitrogen and oxygen atoms in total. The highest BCUT2D eigenvalue weighted by Gasteiger charge is 2.53. The molecule has 2 heterocycles. The normalized spacial score (nSPS) is 23.9. The van der Waals surface area contributed by atoms with Crippen molar-refractivity contribution in [3.8, 4) is 0 Å². The Hall–Kier alpha value is -3.17. The molecule has 3 amide bonds. The predicted octanol–water partition coefficient (Wildman–Crippen LogP) is 4.23. The lowest BCUT2D eigenvalue weighted by Crippen LogP contribution is -2.73. The van der Waals surface area contributed by atoms with E-state index in [4.69, 9.17) is 15.3 Å². The van der Waals surface area contributed by atoms with E-state index in [1.54, 1.807) is 9.80 Å². The standard InChI is InChI=1S/C31H42N4O5/c1-39-31(38)35-28-21-33(19-17-24-14-9-13-23-12-5-6-15-25(23)24)29(36)26(16-7-8-18-32)34(28)30(37)27(40-35)20-22-10-3-2-4-11-22/h5-6,9,12-15,22,26-28H,2-4,7-8,10-11,16-21,32H2,1H3/t26-,27-,28-/m0/s1. The number of carbonyl (C=O) groups excluding carboxylic acids is 3. The van der Waals surface area contributed by atoms with E-state index in [1.165, 1.54) is 18.6 Å². The van der Waals surface area contributed by atoms with Crippen LogP contribution in [0.4, 0.5) is 4.79 Å². The maximum absolute atomic E-state index is 14.0. The highest BCUT2D eigenvalue weighted by atomic mass is 16.7. The maximum Gasteiger partial charge on any atom is 0.435 e. The molecule has 0 radical (unpaired) electrons. The van der Waals surface area contributed by atoms with E-state index < -0.39 is 24.4 Å². The van der Waals surface area contributed by atoms with Gasteiger partial charge in [-0.3, -0.25) is 14.4 Å². The summed E-state index contributed by atoms with van der Waals surface area (Å²) in [5.41, 5.74) is 6.92. The Morgan fingerprint density at radius 2 is 1.80 bits per heavy atom. The molecular weight excluding hydrogens is 508 g/mol. The summed E-state index contributed by atoms with van der Waals surface area (Å²) in [4.78, 5) is 50.4. The lowest BCUT2D eigenvalue weighted by Gasteiger charge is -2.52. The molecule has 2 aromatic carbocycles. The summed E-state index contributed by atoms with van der Waals surface area (Å²) < 4.78 is 5.09. The third-order valence-corrected chi connectivity index (χ3v) is 8.77. The largest absolute Gasteiger partial charge is 0.451 e. The predicted molar refractivity (Wildman–Crippen MR) is 152 cm³/mol. The van der Waals surface area contributed by atoms with Crippen molar-refractivity contribution in [3.05, 3.63) is 48.0 Å². The first kappa shape index (κ1) is 28.4. The van der Waals surface area contributed by atoms with Gasteiger partial charge in [0, 0.05) is 6.54 Å². The summed E-state index contributed by atoms with van der Waals surface area (Å²) >= 11 is 0. The molecule has 0 bridgehead atoms. The first-order valence-electron chi connectivity index (χ1n) is 14.8. The number of nitrogens with two attached hydrogens (primary N) is 1. The second-order valence-electron chi connectivity index (χ2n) is 11.3. The Morgan fingerprint density at radius 1 is 1.02 bits per heavy atom. The van der Waals surface area contributed by atoms with E-state index in [1.807, 2.05) is 18.2 Å². The van der Waals surface area contributed by atoms with Gasteiger partial charge in [-0.15, -0.1) is 0 Å². The van der Waals surface area contributed by atoms with Gasteiger partial charge in [0.25, 0.3) is 5.91 Å². The van der Waals surface area contributed by atoms with Crippen molar-refractivity contribution in [2.75, 3.05) is 26.7 Å². The third-order valence-electron chi connectivity index (χ3n) is 8.77. The van der Waals surface area contributed by atoms with Crippen molar-refractivity contribution >= 4 is 28.7 Å². The maximum atomic E-state index is 14.0. The first-order valence-corrected chi connectivity index (χ1v) is 14.8. The van der Waals surface area contributed by atoms with Crippen LogP contribution >= 0.6 is 0 Å². The van der Waals surface area contributed by atoms with Crippen LogP contribution in [0, 0.1) is 5.92 Å². The summed E-state index contributed by atoms with van der Waals surface area (Å²) in [6.07, 6.45) is 6.58. The Morgan fingerprint density at radius 3 is 2.58 bits per heavy atom. The first-order chi connectivity index (χ1) is 19.5. The molecule has 2 aromatic rings. The molecule has 3 atom stereocenters. The molecule has 1 aliphatic carbocycles. The second-order valence-corrected chi connectivity index (χ2v) is 11.3. The smallest absolute Gasteiger partial charge is 0.435 e. The number of hydrogen-bond acceptors (Lipinski definition) is 6. The van der Waals surface area contributed by atoms with Crippen molar-refractivity contribution in [3.63, 3.8) is 0 Å². The number of benzene rings is 2. The van der Waals surface area contributed by atoms with Gasteiger partial charge in [-0.25, -0.2) is 4.79 Å². The minimum absolute atomic E-state index is 0.0787. The highest BCUT2D eigenvalue weighted by Crippen LogP contribution is 2.35. The number of unbranched alkanes of at least 4 members (excludes halogenated alkanes) is 1. The van der Waals surface area contributed by atoms with Crippen LogP contribution in [0.15, 0.2) is 42.5 Å². The van der Waals surface area contributed by atoms with E-state index in [9.17, 15) is 14.4 Å². The number of ether oxygens (including phenoxy) is 1. The minimum Gasteiger partial charge on any atom is -0.451 e. The van der Waals surface area contributed by atoms with Crippen molar-refractivity contribution in [1.82, 2.24) is 14.9 Å². The molecule has 2 aliphatic heterocycles. The number of nitrogens with zero attached hydrogens (tertiary/aromatic N) is 3.